The minimum atomic E-state index is -4.39. The lowest BCUT2D eigenvalue weighted by Crippen LogP contribution is -2.61. The lowest BCUT2D eigenvalue weighted by atomic mass is 9.80. The molecule has 0 radical (unpaired) electrons. The molecule has 1 unspecified atom stereocenters. The fourth-order valence-corrected chi connectivity index (χ4v) is 9.59. The van der Waals surface area contributed by atoms with Gasteiger partial charge in [0.25, 0.3) is 0 Å². The van der Waals surface area contributed by atoms with Gasteiger partial charge in [0.05, 0.1) is 36.3 Å². The molecule has 0 aliphatic carbocycles. The third-order valence-electron chi connectivity index (χ3n) is 10.4. The molecule has 0 saturated carbocycles. The molecule has 3 aliphatic heterocycles. The van der Waals surface area contributed by atoms with Crippen molar-refractivity contribution in [1.82, 2.24) is 14.9 Å². The predicted molar refractivity (Wildman–Crippen MR) is 204 cm³/mol. The molecule has 15 nitrogen and oxygen atoms in total. The molecule has 4 N–H and O–H groups in total. The van der Waals surface area contributed by atoms with E-state index in [0.717, 1.165) is 5.56 Å². The Labute approximate surface area is 327 Å². The molecular formula is C40H49N5O10S. The van der Waals surface area contributed by atoms with Gasteiger partial charge in [0.1, 0.15) is 5.75 Å². The molecule has 0 aromatic heterocycles. The van der Waals surface area contributed by atoms with Gasteiger partial charge in [-0.3, -0.25) is 0 Å². The van der Waals surface area contributed by atoms with Crippen LogP contribution in [0.2, 0.25) is 0 Å². The average Bonchev–Trinajstić information content (AvgIpc) is 3.94. The van der Waals surface area contributed by atoms with Crippen molar-refractivity contribution >= 4 is 22.1 Å². The number of carbonyl (C=O) groups is 1. The number of aliphatic hydroxyl groups is 1. The number of sulfonamides is 1. The maximum Gasteiger partial charge on any atom is 0.404 e. The number of rotatable bonds is 17. The predicted octanol–water partition coefficient (Wildman–Crippen LogP) is 4.73. The first-order valence-corrected chi connectivity index (χ1v) is 20.2. The lowest BCUT2D eigenvalue weighted by Gasteiger charge is -2.44. The van der Waals surface area contributed by atoms with E-state index in [1.54, 1.807) is 24.4 Å². The molecule has 16 heteroatoms. The highest BCUT2D eigenvalue weighted by molar-refractivity contribution is 7.89. The summed E-state index contributed by atoms with van der Waals surface area (Å²) < 4.78 is 60.2. The maximum absolute atomic E-state index is 15.1. The second kappa shape index (κ2) is 18.4. The summed E-state index contributed by atoms with van der Waals surface area (Å²) >= 11 is 0. The fraction of sp³-hybridized carbons (Fsp3) is 0.475. The number of amides is 1. The van der Waals surface area contributed by atoms with Crippen molar-refractivity contribution in [3.05, 3.63) is 84.4 Å². The second-order valence-electron chi connectivity index (χ2n) is 15.0. The van der Waals surface area contributed by atoms with E-state index in [-0.39, 0.29) is 48.9 Å². The number of hydrogen-bond donors (Lipinski definition) is 4. The third-order valence-corrected chi connectivity index (χ3v) is 12.3. The molecule has 56 heavy (non-hydrogen) atoms. The molecule has 2 saturated heterocycles. The summed E-state index contributed by atoms with van der Waals surface area (Å²) in [5.41, 5.74) is 0.121. The van der Waals surface area contributed by atoms with Crippen LogP contribution in [0.15, 0.2) is 88.8 Å². The van der Waals surface area contributed by atoms with Crippen LogP contribution in [0.25, 0.3) is 0 Å². The largest absolute Gasteiger partial charge is 0.465 e. The number of aliphatic hydroxyl groups excluding tert-OH is 1. The number of nitriles is 1. The zero-order valence-corrected chi connectivity index (χ0v) is 32.3. The van der Waals surface area contributed by atoms with Crippen LogP contribution in [0.1, 0.15) is 45.1 Å². The van der Waals surface area contributed by atoms with Crippen molar-refractivity contribution in [2.45, 2.75) is 75.3 Å². The number of nitrogens with zero attached hydrogens (tertiary/aromatic N) is 3. The molecule has 300 valence electrons. The van der Waals surface area contributed by atoms with E-state index in [9.17, 15) is 20.3 Å². The highest BCUT2D eigenvalue weighted by Gasteiger charge is 2.53. The van der Waals surface area contributed by atoms with Crippen LogP contribution in [-0.4, -0.2) is 92.6 Å². The second-order valence-corrected chi connectivity index (χ2v) is 16.9. The molecule has 2 fully saturated rings. The molecule has 3 aromatic rings. The van der Waals surface area contributed by atoms with Gasteiger partial charge >= 0.3 is 12.1 Å². The number of nitrogens with one attached hydrogen (secondary N) is 2. The van der Waals surface area contributed by atoms with Gasteiger partial charge in [-0.15, -0.1) is 4.99 Å². The van der Waals surface area contributed by atoms with E-state index in [2.05, 4.69) is 15.6 Å². The molecule has 1 amide bonds. The van der Waals surface area contributed by atoms with E-state index in [1.165, 1.54) is 16.4 Å². The number of amidine groups is 1. The number of aliphatic imine (C=N–C) groups is 1. The topological polar surface area (TPSA) is 201 Å². The van der Waals surface area contributed by atoms with Crippen molar-refractivity contribution in [2.75, 3.05) is 33.1 Å². The summed E-state index contributed by atoms with van der Waals surface area (Å²) in [6, 6.07) is 20.4. The zero-order valence-electron chi connectivity index (χ0n) is 31.5. The van der Waals surface area contributed by atoms with Crippen LogP contribution >= 0.6 is 0 Å². The third kappa shape index (κ3) is 10.1. The summed E-state index contributed by atoms with van der Waals surface area (Å²) in [5, 5.41) is 37.2. The van der Waals surface area contributed by atoms with Crippen LogP contribution in [-0.2, 0) is 25.9 Å². The van der Waals surface area contributed by atoms with Gasteiger partial charge in [0.2, 0.25) is 23.0 Å². The highest BCUT2D eigenvalue weighted by atomic mass is 32.2. The number of unbranched alkanes of at least 4 members (excludes halogenated alkanes) is 1. The summed E-state index contributed by atoms with van der Waals surface area (Å²) in [6.45, 7) is 4.84. The Morgan fingerprint density at radius 3 is 2.52 bits per heavy atom. The first-order valence-electron chi connectivity index (χ1n) is 18.7. The van der Waals surface area contributed by atoms with Crippen LogP contribution in [0.5, 0.6) is 17.2 Å². The monoisotopic (exact) mass is 791 g/mol. The van der Waals surface area contributed by atoms with E-state index in [0.29, 0.717) is 50.3 Å². The van der Waals surface area contributed by atoms with Crippen molar-refractivity contribution in [1.29, 1.82) is 5.26 Å². The van der Waals surface area contributed by atoms with Gasteiger partial charge in [-0.1, -0.05) is 68.8 Å². The van der Waals surface area contributed by atoms with Gasteiger partial charge in [-0.05, 0) is 60.9 Å². The highest BCUT2D eigenvalue weighted by Crippen LogP contribution is 2.44. The molecule has 6 rings (SSSR count). The summed E-state index contributed by atoms with van der Waals surface area (Å²) in [7, 11) is -4.39. The van der Waals surface area contributed by atoms with Crippen LogP contribution in [0.3, 0.4) is 0 Å². The van der Waals surface area contributed by atoms with E-state index < -0.39 is 51.9 Å². The Hall–Kier alpha value is -4.92. The molecule has 0 bridgehead atoms. The Morgan fingerprint density at radius 2 is 1.79 bits per heavy atom. The standard InChI is InChI=1S/C40H49N5O10S/c1-40(2,18-9-10-19-42-38(43-25-41)55-28-13-7-4-8-14-28)24-45(56(49,50)29-15-16-33-34(22-29)54-26-53-33)35(31-23-52-37-30(31)17-20-51-37)36(46)32(44-39(47)48)21-27-11-5-3-6-12-27/h3-8,11-16,22,30-32,35-37,44,46H,9-10,17-21,23-24,26H2,1-2H3,(H,42,43)(H,47,48)/t30-,31+,32-,35?,36+,37+/m0/s1. The Morgan fingerprint density at radius 1 is 1.05 bits per heavy atom. The number of para-hydroxylation sites is 1. The minimum Gasteiger partial charge on any atom is -0.465 e. The molecule has 6 atom stereocenters. The van der Waals surface area contributed by atoms with Crippen molar-refractivity contribution in [2.24, 2.45) is 22.2 Å². The smallest absolute Gasteiger partial charge is 0.404 e. The normalized spacial score (nSPS) is 20.8. The number of fused-ring (bicyclic) bond motifs is 2. The Kier molecular flexibility index (Phi) is 13.3. The summed E-state index contributed by atoms with van der Waals surface area (Å²) in [6.07, 6.45) is 0.942. The van der Waals surface area contributed by atoms with E-state index >= 15 is 8.42 Å². The fourth-order valence-electron chi connectivity index (χ4n) is 7.70. The Bertz CT molecular complexity index is 1960. The van der Waals surface area contributed by atoms with Gasteiger partial charge < -0.3 is 44.5 Å². The number of benzene rings is 3. The molecule has 3 aliphatic rings. The summed E-state index contributed by atoms with van der Waals surface area (Å²) in [4.78, 5) is 15.9. The van der Waals surface area contributed by atoms with Gasteiger partial charge in [-0.2, -0.15) is 9.57 Å². The lowest BCUT2D eigenvalue weighted by molar-refractivity contribution is -0.0907. The van der Waals surface area contributed by atoms with Crippen LogP contribution in [0, 0.1) is 28.7 Å². The number of ether oxygens (including phenoxy) is 5. The SMILES string of the molecule is CC(C)(CCCCNC(=NC#N)Oc1ccccc1)CN(C([C@H](O)[C@H](Cc1ccccc1)NC(=O)O)[C@@H]1CO[C@H]2OCC[C@H]21)S(=O)(=O)c1ccc2c(c1)OCO2. The van der Waals surface area contributed by atoms with Crippen LogP contribution < -0.4 is 24.8 Å². The first-order chi connectivity index (χ1) is 26.9. The quantitative estimate of drug-likeness (QED) is 0.0635. The molecule has 0 spiro atoms. The van der Waals surface area contributed by atoms with Crippen LogP contribution in [0.4, 0.5) is 4.79 Å². The van der Waals surface area contributed by atoms with E-state index in [1.807, 2.05) is 62.4 Å². The van der Waals surface area contributed by atoms with Crippen molar-refractivity contribution in [3.63, 3.8) is 0 Å². The van der Waals surface area contributed by atoms with Crippen molar-refractivity contribution in [3.8, 4) is 23.4 Å². The van der Waals surface area contributed by atoms with Gasteiger partial charge in [0.15, 0.2) is 17.8 Å². The zero-order chi connectivity index (χ0) is 39.7. The maximum atomic E-state index is 15.1. The molecular weight excluding hydrogens is 743 g/mol. The Balaban J connectivity index is 1.29. The van der Waals surface area contributed by atoms with Gasteiger partial charge in [0, 0.05) is 31.0 Å². The molecule has 3 aromatic carbocycles. The summed E-state index contributed by atoms with van der Waals surface area (Å²) in [5.74, 6) is 0.471. The molecule has 3 heterocycles. The average molecular weight is 792 g/mol. The van der Waals surface area contributed by atoms with E-state index in [4.69, 9.17) is 23.7 Å². The number of hydrogen-bond acceptors (Lipinski definition) is 11. The minimum absolute atomic E-state index is 0.0168. The first kappa shape index (κ1) is 40.7. The van der Waals surface area contributed by atoms with Crippen molar-refractivity contribution < 1.29 is 47.1 Å². The van der Waals surface area contributed by atoms with Gasteiger partial charge in [-0.25, -0.2) is 13.2 Å². The number of carboxylic acid groups (broad SMARTS) is 1.